The van der Waals surface area contributed by atoms with Gasteiger partial charge in [0.05, 0.1) is 12.6 Å². The molecule has 5 heterocycles. The predicted molar refractivity (Wildman–Crippen MR) is 157 cm³/mol. The van der Waals surface area contributed by atoms with Crippen molar-refractivity contribution in [3.63, 3.8) is 0 Å². The van der Waals surface area contributed by atoms with Gasteiger partial charge in [-0.05, 0) is 23.8 Å². The number of piperazine rings is 1. The Bertz CT molecular complexity index is 1560. The van der Waals surface area contributed by atoms with Gasteiger partial charge in [0, 0.05) is 106 Å². The Kier molecular flexibility index (Phi) is 7.89. The summed E-state index contributed by atoms with van der Waals surface area (Å²) in [4.78, 5) is 13.8. The van der Waals surface area contributed by atoms with Gasteiger partial charge in [-0.1, -0.05) is 6.07 Å². The molecule has 0 aromatic carbocycles. The highest BCUT2D eigenvalue weighted by Crippen LogP contribution is 2.33. The van der Waals surface area contributed by atoms with E-state index in [2.05, 4.69) is 42.7 Å². The molecule has 0 atom stereocenters. The van der Waals surface area contributed by atoms with Crippen molar-refractivity contribution < 1.29 is 4.74 Å². The van der Waals surface area contributed by atoms with Crippen LogP contribution in [0, 0.1) is 16.7 Å². The van der Waals surface area contributed by atoms with Gasteiger partial charge in [-0.3, -0.25) is 4.90 Å². The van der Waals surface area contributed by atoms with Crippen molar-refractivity contribution in [1.29, 1.82) is 10.7 Å². The molecule has 5 rings (SSSR count). The van der Waals surface area contributed by atoms with Crippen LogP contribution in [0.4, 0.5) is 11.6 Å². The minimum atomic E-state index is 0.463. The molecule has 4 aromatic heterocycles. The van der Waals surface area contributed by atoms with Crippen molar-refractivity contribution >= 4 is 28.9 Å². The summed E-state index contributed by atoms with van der Waals surface area (Å²) in [6.45, 7) is 4.46. The molecule has 1 aliphatic heterocycles. The van der Waals surface area contributed by atoms with E-state index in [1.54, 1.807) is 31.9 Å². The normalized spacial score (nSPS) is 14.2. The van der Waals surface area contributed by atoms with Crippen molar-refractivity contribution in [1.82, 2.24) is 29.8 Å². The van der Waals surface area contributed by atoms with Gasteiger partial charge in [0.1, 0.15) is 17.5 Å². The molecular weight excluding hydrogens is 504 g/mol. The molecule has 11 heteroatoms. The quantitative estimate of drug-likeness (QED) is 0.276. The summed E-state index contributed by atoms with van der Waals surface area (Å²) in [5, 5.41) is 28.4. The second-order valence-electron chi connectivity index (χ2n) is 9.43. The number of nitrogens with zero attached hydrogens (tertiary/aromatic N) is 7. The van der Waals surface area contributed by atoms with E-state index in [-0.39, 0.29) is 0 Å². The molecule has 0 amide bonds. The molecule has 0 saturated carbocycles. The summed E-state index contributed by atoms with van der Waals surface area (Å²) in [5.41, 5.74) is 5.51. The first-order chi connectivity index (χ1) is 19.6. The Morgan fingerprint density at radius 1 is 1.12 bits per heavy atom. The molecule has 0 aliphatic carbocycles. The topological polar surface area (TPSA) is 130 Å². The number of anilines is 2. The zero-order valence-corrected chi connectivity index (χ0v) is 22.8. The number of hydrogen-bond acceptors (Lipinski definition) is 10. The summed E-state index contributed by atoms with van der Waals surface area (Å²) < 4.78 is 6.86. The van der Waals surface area contributed by atoms with Crippen LogP contribution in [0.2, 0.25) is 0 Å². The van der Waals surface area contributed by atoms with E-state index in [0.717, 1.165) is 55.2 Å². The first-order valence-corrected chi connectivity index (χ1v) is 13.0. The molecule has 204 valence electrons. The second-order valence-corrected chi connectivity index (χ2v) is 9.43. The fraction of sp³-hybridized carbons (Fsp3) is 0.276. The van der Waals surface area contributed by atoms with Gasteiger partial charge in [-0.25, -0.2) is 14.5 Å². The van der Waals surface area contributed by atoms with Crippen molar-refractivity contribution in [2.45, 2.75) is 6.54 Å². The fourth-order valence-electron chi connectivity index (χ4n) is 4.95. The number of nitrogens with one attached hydrogen (secondary N) is 3. The molecule has 1 aliphatic rings. The van der Waals surface area contributed by atoms with E-state index in [1.807, 2.05) is 42.9 Å². The number of nitriles is 1. The maximum absolute atomic E-state index is 9.93. The predicted octanol–water partition coefficient (Wildman–Crippen LogP) is 3.25. The maximum atomic E-state index is 9.93. The van der Waals surface area contributed by atoms with Gasteiger partial charge in [0.15, 0.2) is 5.82 Å². The van der Waals surface area contributed by atoms with Crippen LogP contribution in [0.25, 0.3) is 22.2 Å². The smallest absolute Gasteiger partial charge is 0.212 e. The lowest BCUT2D eigenvalue weighted by Gasteiger charge is -2.35. The SMILES string of the molecule is CN/C=C(\C=N)c1cc(-c2ccc(N3CCN(Cc4ccc(OC)nc4)CC3)nc2)c2c(C#N)c(NC)nn2c1. The summed E-state index contributed by atoms with van der Waals surface area (Å²) >= 11 is 0. The van der Waals surface area contributed by atoms with Crippen LogP contribution in [0.5, 0.6) is 5.88 Å². The highest BCUT2D eigenvalue weighted by molar-refractivity contribution is 6.09. The third-order valence-corrected chi connectivity index (χ3v) is 7.03. The number of allylic oxidation sites excluding steroid dienone is 1. The van der Waals surface area contributed by atoms with Crippen LogP contribution in [-0.4, -0.2) is 78.1 Å². The van der Waals surface area contributed by atoms with Crippen molar-refractivity contribution in [2.24, 2.45) is 0 Å². The average molecular weight is 537 g/mol. The molecule has 0 bridgehead atoms. The van der Waals surface area contributed by atoms with E-state index in [0.29, 0.717) is 28.4 Å². The van der Waals surface area contributed by atoms with Gasteiger partial charge < -0.3 is 25.7 Å². The highest BCUT2D eigenvalue weighted by Gasteiger charge is 2.21. The van der Waals surface area contributed by atoms with E-state index >= 15 is 0 Å². The number of hydrogen-bond donors (Lipinski definition) is 3. The fourth-order valence-corrected chi connectivity index (χ4v) is 4.95. The molecular formula is C29H32N10O. The largest absolute Gasteiger partial charge is 0.481 e. The molecule has 1 fully saturated rings. The maximum Gasteiger partial charge on any atom is 0.212 e. The standard InChI is InChI=1S/C29H32N10O/c1-32-16-23(13-30)22-12-24(28-25(14-31)29(33-2)36-39(28)19-22)21-5-6-26(34-17-21)38-10-8-37(9-11-38)18-20-4-7-27(40-3)35-15-20/h4-7,12-13,15-17,19,30,32H,8-11,18H2,1-3H3,(H,33,36)/b23-16+,30-13?. The molecule has 1 saturated heterocycles. The second kappa shape index (κ2) is 11.8. The summed E-state index contributed by atoms with van der Waals surface area (Å²) in [7, 11) is 5.16. The Hall–Kier alpha value is -4.95. The highest BCUT2D eigenvalue weighted by atomic mass is 16.5. The lowest BCUT2D eigenvalue weighted by atomic mass is 10.0. The number of aromatic nitrogens is 4. The first-order valence-electron chi connectivity index (χ1n) is 13.0. The minimum absolute atomic E-state index is 0.463. The van der Waals surface area contributed by atoms with Crippen LogP contribution in [0.1, 0.15) is 16.7 Å². The Balaban J connectivity index is 1.38. The Morgan fingerprint density at radius 2 is 1.95 bits per heavy atom. The molecule has 11 nitrogen and oxygen atoms in total. The number of fused-ring (bicyclic) bond motifs is 1. The minimum Gasteiger partial charge on any atom is -0.481 e. The summed E-state index contributed by atoms with van der Waals surface area (Å²) in [6, 6.07) is 12.3. The van der Waals surface area contributed by atoms with Gasteiger partial charge in [-0.2, -0.15) is 5.26 Å². The summed E-state index contributed by atoms with van der Waals surface area (Å²) in [6.07, 6.45) is 8.61. The van der Waals surface area contributed by atoms with Crippen molar-refractivity contribution in [2.75, 3.05) is 57.6 Å². The van der Waals surface area contributed by atoms with Crippen LogP contribution in [0.3, 0.4) is 0 Å². The molecule has 40 heavy (non-hydrogen) atoms. The summed E-state index contributed by atoms with van der Waals surface area (Å²) in [5.74, 6) is 2.05. The lowest BCUT2D eigenvalue weighted by Crippen LogP contribution is -2.46. The average Bonchev–Trinajstić information content (AvgIpc) is 3.38. The Labute approximate surface area is 233 Å². The number of ether oxygens (including phenoxy) is 1. The van der Waals surface area contributed by atoms with Crippen LogP contribution >= 0.6 is 0 Å². The van der Waals surface area contributed by atoms with E-state index in [9.17, 15) is 5.26 Å². The molecule has 4 aromatic rings. The zero-order valence-electron chi connectivity index (χ0n) is 22.8. The van der Waals surface area contributed by atoms with Crippen LogP contribution < -0.4 is 20.3 Å². The third-order valence-electron chi connectivity index (χ3n) is 7.03. The van der Waals surface area contributed by atoms with Gasteiger partial charge >= 0.3 is 0 Å². The zero-order chi connectivity index (χ0) is 28.1. The lowest BCUT2D eigenvalue weighted by molar-refractivity contribution is 0.249. The third kappa shape index (κ3) is 5.30. The van der Waals surface area contributed by atoms with Crippen molar-refractivity contribution in [3.8, 4) is 23.1 Å². The van der Waals surface area contributed by atoms with Crippen LogP contribution in [0.15, 0.2) is 55.1 Å². The molecule has 0 spiro atoms. The molecule has 3 N–H and O–H groups in total. The van der Waals surface area contributed by atoms with Gasteiger partial charge in [0.2, 0.25) is 5.88 Å². The Morgan fingerprint density at radius 3 is 2.55 bits per heavy atom. The molecule has 0 unspecified atom stereocenters. The number of rotatable bonds is 9. The molecule has 0 radical (unpaired) electrons. The van der Waals surface area contributed by atoms with Gasteiger partial charge in [-0.15, -0.1) is 5.10 Å². The van der Waals surface area contributed by atoms with E-state index in [4.69, 9.17) is 15.1 Å². The van der Waals surface area contributed by atoms with Crippen LogP contribution in [-0.2, 0) is 6.54 Å². The number of methoxy groups -OCH3 is 1. The van der Waals surface area contributed by atoms with Gasteiger partial charge in [0.25, 0.3) is 0 Å². The monoisotopic (exact) mass is 536 g/mol. The van der Waals surface area contributed by atoms with E-state index < -0.39 is 0 Å². The number of pyridine rings is 3. The first kappa shape index (κ1) is 26.6. The van der Waals surface area contributed by atoms with E-state index in [1.165, 1.54) is 11.8 Å². The van der Waals surface area contributed by atoms with Crippen molar-refractivity contribution in [3.05, 3.63) is 71.8 Å².